The van der Waals surface area contributed by atoms with Crippen LogP contribution in [-0.2, 0) is 9.53 Å². The van der Waals surface area contributed by atoms with Crippen molar-refractivity contribution in [2.24, 2.45) is 11.8 Å². The Morgan fingerprint density at radius 3 is 2.59 bits per heavy atom. The molecule has 7 rings (SSSR count). The van der Waals surface area contributed by atoms with Gasteiger partial charge in [-0.05, 0) is 45.5 Å². The van der Waals surface area contributed by atoms with Crippen LogP contribution in [-0.4, -0.2) is 104 Å². The second-order valence-corrected chi connectivity index (χ2v) is 11.9. The number of likely N-dealkylation sites (tertiary alicyclic amines) is 1. The number of hydrogen-bond acceptors (Lipinski definition) is 9. The van der Waals surface area contributed by atoms with Crippen LogP contribution in [0.1, 0.15) is 25.3 Å². The summed E-state index contributed by atoms with van der Waals surface area (Å²) in [4.78, 5) is 40.6. The SMILES string of the molecule is CN1CC(=O)CC2CNCC21.CN1COCC2CN(c3c(F)cc4c(=O)c(OC(=O)O)cn(C5CC5)c4c3F)CC21. The second kappa shape index (κ2) is 10.9. The molecule has 0 amide bonds. The first-order valence-electron chi connectivity index (χ1n) is 14.1. The molecule has 0 spiro atoms. The van der Waals surface area contributed by atoms with Gasteiger partial charge in [0.15, 0.2) is 11.6 Å². The normalized spacial score (nSPS) is 28.3. The summed E-state index contributed by atoms with van der Waals surface area (Å²) < 4.78 is 42.4. The van der Waals surface area contributed by atoms with Gasteiger partial charge >= 0.3 is 6.16 Å². The fraction of sp³-hybridized carbons (Fsp3) is 0.607. The predicted octanol–water partition coefficient (Wildman–Crippen LogP) is 1.87. The average molecular weight is 576 g/mol. The number of likely N-dealkylation sites (N-methyl/N-ethyl adjacent to an activating group) is 2. The second-order valence-electron chi connectivity index (χ2n) is 11.9. The van der Waals surface area contributed by atoms with E-state index in [1.54, 1.807) is 4.90 Å². The van der Waals surface area contributed by atoms with Crippen LogP contribution < -0.4 is 20.4 Å². The predicted molar refractivity (Wildman–Crippen MR) is 146 cm³/mol. The number of carbonyl (C=O) groups excluding carboxylic acids is 1. The number of anilines is 1. The van der Waals surface area contributed by atoms with Crippen LogP contribution in [0.25, 0.3) is 10.9 Å². The third-order valence-electron chi connectivity index (χ3n) is 8.99. The van der Waals surface area contributed by atoms with Crippen LogP contribution >= 0.6 is 0 Å². The Morgan fingerprint density at radius 2 is 1.88 bits per heavy atom. The van der Waals surface area contributed by atoms with E-state index >= 15 is 8.78 Å². The summed E-state index contributed by atoms with van der Waals surface area (Å²) in [7, 11) is 3.96. The number of piperidine rings is 1. The van der Waals surface area contributed by atoms with Crippen molar-refractivity contribution in [1.82, 2.24) is 19.7 Å². The number of Topliss-reactive ketones (excluding diaryl/α,β-unsaturated/α-hetero) is 1. The standard InChI is InChI=1S/C20H21F2N3O5.C8H14N2O/c1-23-9-29-8-10-5-24(6-14(10)23)18-13(21)4-12-17(16(18)22)25(11-2-3-11)7-15(19(12)26)30-20(27)28;1-10-5-7(11)2-6-3-9-4-8(6)10/h4,7,10-11,14H,2-3,5-6,8-9H2,1H3,(H,27,28);6,8-9H,2-5H2,1H3. The van der Waals surface area contributed by atoms with Gasteiger partial charge in [0.05, 0.1) is 37.0 Å². The summed E-state index contributed by atoms with van der Waals surface area (Å²) in [6.07, 6.45) is 1.87. The number of carboxylic acid groups (broad SMARTS) is 1. The minimum absolute atomic E-state index is 0.0175. The highest BCUT2D eigenvalue weighted by molar-refractivity contribution is 5.86. The highest BCUT2D eigenvalue weighted by Crippen LogP contribution is 2.41. The van der Waals surface area contributed by atoms with Gasteiger partial charge in [-0.1, -0.05) is 0 Å². The number of benzene rings is 1. The Morgan fingerprint density at radius 1 is 1.10 bits per heavy atom. The van der Waals surface area contributed by atoms with Crippen LogP contribution in [0.15, 0.2) is 17.1 Å². The van der Waals surface area contributed by atoms with Crippen LogP contribution in [0.5, 0.6) is 5.75 Å². The van der Waals surface area contributed by atoms with Gasteiger partial charge in [0.1, 0.15) is 17.3 Å². The van der Waals surface area contributed by atoms with Crippen LogP contribution in [0.2, 0.25) is 0 Å². The third-order valence-corrected chi connectivity index (χ3v) is 8.99. The largest absolute Gasteiger partial charge is 0.511 e. The Kier molecular flexibility index (Phi) is 7.47. The van der Waals surface area contributed by atoms with Crippen molar-refractivity contribution >= 4 is 28.5 Å². The van der Waals surface area contributed by atoms with Crippen LogP contribution in [0.3, 0.4) is 0 Å². The van der Waals surface area contributed by atoms with Crippen molar-refractivity contribution in [3.8, 4) is 5.75 Å². The van der Waals surface area contributed by atoms with E-state index in [-0.39, 0.29) is 34.6 Å². The lowest BCUT2D eigenvalue weighted by atomic mass is 9.92. The first-order valence-corrected chi connectivity index (χ1v) is 14.1. The number of halogens is 2. The summed E-state index contributed by atoms with van der Waals surface area (Å²) in [6, 6.07) is 1.65. The van der Waals surface area contributed by atoms with Gasteiger partial charge in [0, 0.05) is 50.1 Å². The molecular weight excluding hydrogens is 540 g/mol. The fourth-order valence-corrected chi connectivity index (χ4v) is 6.84. The Labute approximate surface area is 235 Å². The highest BCUT2D eigenvalue weighted by atomic mass is 19.1. The average Bonchev–Trinajstić information content (AvgIpc) is 3.48. The maximum atomic E-state index is 15.7. The van der Waals surface area contributed by atoms with Crippen molar-refractivity contribution in [2.75, 3.05) is 65.1 Å². The van der Waals surface area contributed by atoms with E-state index in [9.17, 15) is 14.4 Å². The van der Waals surface area contributed by atoms with E-state index in [1.807, 2.05) is 19.0 Å². The summed E-state index contributed by atoms with van der Waals surface area (Å²) in [6.45, 7) is 4.66. The summed E-state index contributed by atoms with van der Waals surface area (Å²) >= 11 is 0. The number of pyridine rings is 1. The zero-order valence-electron chi connectivity index (χ0n) is 23.1. The summed E-state index contributed by atoms with van der Waals surface area (Å²) in [5, 5.41) is 12.0. The lowest BCUT2D eigenvalue weighted by Gasteiger charge is -2.33. The maximum Gasteiger partial charge on any atom is 0.511 e. The van der Waals surface area contributed by atoms with E-state index in [2.05, 4.69) is 15.0 Å². The minimum Gasteiger partial charge on any atom is -0.449 e. The van der Waals surface area contributed by atoms with Gasteiger partial charge in [0.2, 0.25) is 5.43 Å². The van der Waals surface area contributed by atoms with Gasteiger partial charge in [0.25, 0.3) is 0 Å². The molecule has 1 aromatic carbocycles. The number of nitrogens with one attached hydrogen (secondary N) is 1. The first kappa shape index (κ1) is 28.0. The van der Waals surface area contributed by atoms with E-state index in [1.165, 1.54) is 10.8 Å². The molecule has 5 aliphatic rings. The minimum atomic E-state index is -1.66. The molecule has 5 heterocycles. The molecule has 222 valence electrons. The molecule has 4 saturated heterocycles. The zero-order valence-corrected chi connectivity index (χ0v) is 23.1. The van der Waals surface area contributed by atoms with Gasteiger partial charge in [-0.2, -0.15) is 0 Å². The first-order chi connectivity index (χ1) is 19.6. The van der Waals surface area contributed by atoms with Crippen molar-refractivity contribution in [2.45, 2.75) is 37.4 Å². The number of carbonyl (C=O) groups is 2. The topological polar surface area (TPSA) is 117 Å². The van der Waals surface area contributed by atoms with E-state index in [4.69, 9.17) is 9.84 Å². The van der Waals surface area contributed by atoms with Crippen LogP contribution in [0, 0.1) is 23.5 Å². The molecule has 2 aromatic rings. The maximum absolute atomic E-state index is 15.7. The molecule has 0 bridgehead atoms. The van der Waals surface area contributed by atoms with Crippen LogP contribution in [0.4, 0.5) is 19.3 Å². The smallest absolute Gasteiger partial charge is 0.449 e. The molecular formula is C28H35F2N5O6. The van der Waals surface area contributed by atoms with E-state index in [0.29, 0.717) is 50.7 Å². The number of hydrogen-bond donors (Lipinski definition) is 2. The number of ketones is 1. The number of nitrogens with zero attached hydrogens (tertiary/aromatic N) is 4. The molecule has 1 aromatic heterocycles. The molecule has 13 heteroatoms. The molecule has 5 fully saturated rings. The lowest BCUT2D eigenvalue weighted by Crippen LogP contribution is -2.46. The fourth-order valence-electron chi connectivity index (χ4n) is 6.84. The molecule has 1 aliphatic carbocycles. The number of aromatic nitrogens is 1. The summed E-state index contributed by atoms with van der Waals surface area (Å²) in [5.74, 6) is -0.999. The Hall–Kier alpha value is -3.13. The number of fused-ring (bicyclic) bond motifs is 3. The molecule has 2 N–H and O–H groups in total. The number of rotatable bonds is 3. The van der Waals surface area contributed by atoms with Gasteiger partial charge < -0.3 is 29.4 Å². The van der Waals surface area contributed by atoms with Crippen molar-refractivity contribution in [3.63, 3.8) is 0 Å². The number of ether oxygens (including phenoxy) is 2. The highest BCUT2D eigenvalue weighted by Gasteiger charge is 2.41. The van der Waals surface area contributed by atoms with Gasteiger partial charge in [-0.3, -0.25) is 19.4 Å². The Bertz CT molecular complexity index is 1430. The molecule has 1 saturated carbocycles. The zero-order chi connectivity index (χ0) is 29.0. The monoisotopic (exact) mass is 575 g/mol. The Balaban J connectivity index is 0.000000229. The van der Waals surface area contributed by atoms with E-state index < -0.39 is 29.0 Å². The molecule has 4 aliphatic heterocycles. The molecule has 41 heavy (non-hydrogen) atoms. The quantitative estimate of drug-likeness (QED) is 0.526. The van der Waals surface area contributed by atoms with Gasteiger partial charge in [-0.25, -0.2) is 13.6 Å². The lowest BCUT2D eigenvalue weighted by molar-refractivity contribution is -0.124. The van der Waals surface area contributed by atoms with Gasteiger partial charge in [-0.15, -0.1) is 0 Å². The molecule has 4 unspecified atom stereocenters. The van der Waals surface area contributed by atoms with Crippen molar-refractivity contribution in [3.05, 3.63) is 34.1 Å². The van der Waals surface area contributed by atoms with E-state index in [0.717, 1.165) is 38.4 Å². The molecule has 4 atom stereocenters. The third kappa shape index (κ3) is 5.31. The molecule has 0 radical (unpaired) electrons. The van der Waals surface area contributed by atoms with Crippen molar-refractivity contribution < 1.29 is 33.0 Å². The van der Waals surface area contributed by atoms with Crippen molar-refractivity contribution in [1.29, 1.82) is 0 Å². The summed E-state index contributed by atoms with van der Waals surface area (Å²) in [5.41, 5.74) is -1.03. The molecule has 11 nitrogen and oxygen atoms in total.